The minimum atomic E-state index is -1.25. The molecule has 1 aliphatic carbocycles. The predicted octanol–water partition coefficient (Wildman–Crippen LogP) is 5.29. The van der Waals surface area contributed by atoms with E-state index < -0.39 is 23.3 Å². The van der Waals surface area contributed by atoms with Crippen LogP contribution in [0.25, 0.3) is 0 Å². The summed E-state index contributed by atoms with van der Waals surface area (Å²) in [5, 5.41) is 5.38. The number of hydrogen-bond donors (Lipinski definition) is 0. The van der Waals surface area contributed by atoms with Crippen LogP contribution in [-0.4, -0.2) is 36.8 Å². The molecule has 0 spiro atoms. The van der Waals surface area contributed by atoms with E-state index >= 15 is 0 Å². The molecule has 0 nitrogen and oxygen atoms in total. The lowest BCUT2D eigenvalue weighted by Crippen LogP contribution is -2.54. The summed E-state index contributed by atoms with van der Waals surface area (Å²) >= 11 is 0. The smallest absolute Gasteiger partial charge is 0.0774 e. The molecule has 0 aromatic heterocycles. The fraction of sp³-hybridized carbons (Fsp3) is 0.688. The molecule has 0 aliphatic heterocycles. The van der Waals surface area contributed by atoms with Gasteiger partial charge in [-0.05, 0) is 6.42 Å². The van der Waals surface area contributed by atoms with Gasteiger partial charge in [-0.2, -0.15) is 0 Å². The van der Waals surface area contributed by atoms with Crippen molar-refractivity contribution in [2.45, 2.75) is 71.9 Å². The van der Waals surface area contributed by atoms with Crippen LogP contribution >= 0.6 is 0 Å². The van der Waals surface area contributed by atoms with E-state index in [1.807, 2.05) is 5.17 Å². The molecule has 0 aromatic rings. The lowest BCUT2D eigenvalue weighted by molar-refractivity contribution is 1.42. The molecule has 1 rings (SSSR count). The number of allylic oxidation sites excluding steroid dienone is 4. The summed E-state index contributed by atoms with van der Waals surface area (Å²) < 4.78 is 0. The molecule has 0 radical (unpaired) electrons. The molecule has 0 aromatic carbocycles. The first-order valence-electron chi connectivity index (χ1n) is 7.88. The highest BCUT2D eigenvalue weighted by molar-refractivity contribution is 7.43. The zero-order valence-electron chi connectivity index (χ0n) is 15.4. The predicted molar refractivity (Wildman–Crippen MR) is 107 cm³/mol. The summed E-state index contributed by atoms with van der Waals surface area (Å²) in [5.41, 5.74) is 0. The van der Waals surface area contributed by atoms with Crippen LogP contribution in [0.2, 0.25) is 65.5 Å². The second kappa shape index (κ2) is 5.78. The van der Waals surface area contributed by atoms with Gasteiger partial charge >= 0.3 is 0 Å². The van der Waals surface area contributed by atoms with E-state index in [0.717, 1.165) is 0 Å². The Kier molecular flexibility index (Phi) is 5.28. The molecule has 0 saturated heterocycles. The van der Waals surface area contributed by atoms with Crippen molar-refractivity contribution < 1.29 is 0 Å². The van der Waals surface area contributed by atoms with Crippen molar-refractivity contribution in [3.8, 4) is 0 Å². The lowest BCUT2D eigenvalue weighted by atomic mass is 10.2. The first-order chi connectivity index (χ1) is 8.78. The molecule has 0 fully saturated rings. The highest BCUT2D eigenvalue weighted by Crippen LogP contribution is 2.33. The Bertz CT molecular complexity index is 476. The molecule has 0 saturated carbocycles. The molecule has 114 valence electrons. The van der Waals surface area contributed by atoms with Crippen LogP contribution in [0.1, 0.15) is 6.42 Å². The molecule has 4 heteroatoms. The number of rotatable bonds is 3. The standard InChI is InChI=1S/C16H34Si4/c1-17(2)15-12-11-14(13-16(15)18(3,4)5)20(9,10)19(6,7)8/h11,13H,12H2,1-10H3. The van der Waals surface area contributed by atoms with Crippen molar-refractivity contribution in [3.05, 3.63) is 22.5 Å². The van der Waals surface area contributed by atoms with Crippen LogP contribution in [0.5, 0.6) is 0 Å². The van der Waals surface area contributed by atoms with Gasteiger partial charge in [-0.15, -0.1) is 0 Å². The van der Waals surface area contributed by atoms with Gasteiger partial charge in [0.1, 0.15) is 0 Å². The third-order valence-corrected chi connectivity index (χ3v) is 26.8. The minimum Gasteiger partial charge on any atom is -0.0816 e. The summed E-state index contributed by atoms with van der Waals surface area (Å²) in [5.74, 6) is 0. The summed E-state index contributed by atoms with van der Waals surface area (Å²) in [6, 6.07) is 0. The molecule has 0 bridgehead atoms. The van der Waals surface area contributed by atoms with Crippen LogP contribution in [0.4, 0.5) is 0 Å². The SMILES string of the molecule is C[Si](C)=C1CC=C([Si](C)(C)[Si](C)(C)C)C=C1[Si](C)(C)C. The van der Waals surface area contributed by atoms with Crippen molar-refractivity contribution in [2.24, 2.45) is 0 Å². The van der Waals surface area contributed by atoms with Crippen LogP contribution in [0, 0.1) is 0 Å². The van der Waals surface area contributed by atoms with Crippen LogP contribution in [0.15, 0.2) is 22.5 Å². The summed E-state index contributed by atoms with van der Waals surface area (Å²) in [7, 11) is -3.83. The first-order valence-corrected chi connectivity index (χ1v) is 21.4. The van der Waals surface area contributed by atoms with E-state index in [4.69, 9.17) is 0 Å². The fourth-order valence-corrected chi connectivity index (χ4v) is 12.5. The molecule has 0 unspecified atom stereocenters. The minimum absolute atomic E-state index is 0.304. The van der Waals surface area contributed by atoms with E-state index in [9.17, 15) is 0 Å². The monoisotopic (exact) mass is 338 g/mol. The number of hydrogen-bond acceptors (Lipinski definition) is 0. The molecule has 20 heavy (non-hydrogen) atoms. The highest BCUT2D eigenvalue weighted by Gasteiger charge is 2.40. The Morgan fingerprint density at radius 1 is 0.900 bits per heavy atom. The Balaban J connectivity index is 3.38. The van der Waals surface area contributed by atoms with Gasteiger partial charge in [0.25, 0.3) is 0 Å². The van der Waals surface area contributed by atoms with E-state index in [-0.39, 0.29) is 8.41 Å². The van der Waals surface area contributed by atoms with Gasteiger partial charge in [-0.25, -0.2) is 0 Å². The molecule has 0 heterocycles. The van der Waals surface area contributed by atoms with Gasteiger partial charge in [-0.3, -0.25) is 0 Å². The molecule has 0 N–H and O–H groups in total. The summed E-state index contributed by atoms with van der Waals surface area (Å²) in [4.78, 5) is 0. The fourth-order valence-electron chi connectivity index (χ4n) is 2.63. The largest absolute Gasteiger partial charge is 0.0816 e. The Labute approximate surface area is 131 Å². The zero-order chi connectivity index (χ0) is 15.9. The molecule has 0 atom stereocenters. The van der Waals surface area contributed by atoms with Crippen LogP contribution in [0.3, 0.4) is 0 Å². The maximum absolute atomic E-state index is 2.67. The van der Waals surface area contributed by atoms with Gasteiger partial charge < -0.3 is 0 Å². The van der Waals surface area contributed by atoms with Crippen LogP contribution in [-0.2, 0) is 0 Å². The molecule has 0 amide bonds. The Morgan fingerprint density at radius 2 is 1.40 bits per heavy atom. The normalized spacial score (nSPS) is 17.8. The first kappa shape index (κ1) is 18.3. The topological polar surface area (TPSA) is 0 Å². The van der Waals surface area contributed by atoms with Crippen molar-refractivity contribution >= 4 is 36.8 Å². The maximum atomic E-state index is 2.67. The lowest BCUT2D eigenvalue weighted by Gasteiger charge is -2.40. The third-order valence-electron chi connectivity index (χ3n) is 5.16. The Hall–Kier alpha value is 0.218. The van der Waals surface area contributed by atoms with Gasteiger partial charge in [0.15, 0.2) is 0 Å². The van der Waals surface area contributed by atoms with Gasteiger partial charge in [0.2, 0.25) is 0 Å². The highest BCUT2D eigenvalue weighted by atomic mass is 29.3. The van der Waals surface area contributed by atoms with Crippen LogP contribution < -0.4 is 0 Å². The van der Waals surface area contributed by atoms with Crippen molar-refractivity contribution in [1.29, 1.82) is 0 Å². The van der Waals surface area contributed by atoms with Crippen molar-refractivity contribution in [1.82, 2.24) is 0 Å². The van der Waals surface area contributed by atoms with E-state index in [2.05, 4.69) is 77.6 Å². The molecule has 1 aliphatic rings. The van der Waals surface area contributed by atoms with Gasteiger partial charge in [-0.1, -0.05) is 93.2 Å². The second-order valence-electron chi connectivity index (χ2n) is 9.03. The zero-order valence-corrected chi connectivity index (χ0v) is 19.4. The van der Waals surface area contributed by atoms with E-state index in [1.165, 1.54) is 6.42 Å². The Morgan fingerprint density at radius 3 is 1.75 bits per heavy atom. The average Bonchev–Trinajstić information content (AvgIpc) is 2.25. The molecular weight excluding hydrogens is 305 g/mol. The average molecular weight is 339 g/mol. The quantitative estimate of drug-likeness (QED) is 0.613. The third kappa shape index (κ3) is 3.70. The van der Waals surface area contributed by atoms with E-state index in [1.54, 1.807) is 10.4 Å². The maximum Gasteiger partial charge on any atom is 0.0774 e. The summed E-state index contributed by atoms with van der Waals surface area (Å²) in [6.07, 6.45) is 6.54. The van der Waals surface area contributed by atoms with Crippen molar-refractivity contribution in [2.75, 3.05) is 0 Å². The van der Waals surface area contributed by atoms with Crippen molar-refractivity contribution in [3.63, 3.8) is 0 Å². The van der Waals surface area contributed by atoms with Gasteiger partial charge in [0, 0.05) is 16.0 Å². The second-order valence-corrected chi connectivity index (χ2v) is 33.2. The molecular formula is C16H34Si4. The van der Waals surface area contributed by atoms with E-state index in [0.29, 0.717) is 0 Å². The summed E-state index contributed by atoms with van der Waals surface area (Å²) in [6.45, 7) is 25.4. The van der Waals surface area contributed by atoms with Gasteiger partial charge in [0.05, 0.1) is 15.7 Å².